The summed E-state index contributed by atoms with van der Waals surface area (Å²) in [6.07, 6.45) is 3.08. The van der Waals surface area contributed by atoms with Crippen molar-refractivity contribution in [2.45, 2.75) is 4.90 Å². The van der Waals surface area contributed by atoms with E-state index in [1.807, 2.05) is 30.3 Å². The van der Waals surface area contributed by atoms with Gasteiger partial charge in [-0.3, -0.25) is 0 Å². The summed E-state index contributed by atoms with van der Waals surface area (Å²) in [6.45, 7) is 0. The van der Waals surface area contributed by atoms with Crippen LogP contribution >= 0.6 is 0 Å². The van der Waals surface area contributed by atoms with E-state index in [1.165, 1.54) is 24.3 Å². The first-order valence-electron chi connectivity index (χ1n) is 6.02. The molecule has 21 heavy (non-hydrogen) atoms. The van der Waals surface area contributed by atoms with E-state index in [0.717, 1.165) is 5.56 Å². The molecule has 0 heterocycles. The summed E-state index contributed by atoms with van der Waals surface area (Å²) in [5, 5.41) is 14.3. The molecule has 0 amide bonds. The third-order valence-electron chi connectivity index (χ3n) is 2.85. The van der Waals surface area contributed by atoms with E-state index in [0.29, 0.717) is 0 Å². The van der Waals surface area contributed by atoms with Crippen LogP contribution in [-0.2, 0) is 10.0 Å². The largest absolute Gasteiger partial charge is 0.478 e. The summed E-state index contributed by atoms with van der Waals surface area (Å²) in [5.74, 6) is -1.21. The van der Waals surface area contributed by atoms with Crippen LogP contribution in [0.25, 0.3) is 12.2 Å². The molecule has 5 nitrogen and oxygen atoms in total. The zero-order valence-corrected chi connectivity index (χ0v) is 11.7. The van der Waals surface area contributed by atoms with Crippen LogP contribution in [0.4, 0.5) is 0 Å². The molecule has 2 aromatic rings. The normalized spacial score (nSPS) is 11.7. The van der Waals surface area contributed by atoms with Crippen LogP contribution in [0, 0.1) is 0 Å². The Labute approximate surface area is 122 Å². The number of carbonyl (C=O) groups is 1. The van der Waals surface area contributed by atoms with Gasteiger partial charge in [0.2, 0.25) is 10.0 Å². The van der Waals surface area contributed by atoms with Crippen LogP contribution in [0.1, 0.15) is 21.5 Å². The van der Waals surface area contributed by atoms with Gasteiger partial charge < -0.3 is 5.11 Å². The molecule has 0 aliphatic rings. The van der Waals surface area contributed by atoms with Gasteiger partial charge in [-0.1, -0.05) is 48.6 Å². The number of sulfonamides is 1. The Morgan fingerprint density at radius 2 is 1.67 bits per heavy atom. The number of carboxylic acids is 1. The van der Waals surface area contributed by atoms with Gasteiger partial charge in [-0.05, 0) is 17.7 Å². The number of benzene rings is 2. The van der Waals surface area contributed by atoms with Crippen molar-refractivity contribution < 1.29 is 18.3 Å². The van der Waals surface area contributed by atoms with Gasteiger partial charge in [-0.15, -0.1) is 0 Å². The summed E-state index contributed by atoms with van der Waals surface area (Å²) in [5.41, 5.74) is 0.767. The SMILES string of the molecule is NS(=O)(=O)c1cccc(C(=O)O)c1C=Cc1ccccc1. The van der Waals surface area contributed by atoms with Crippen LogP contribution in [-0.4, -0.2) is 19.5 Å². The fraction of sp³-hybridized carbons (Fsp3) is 0. The molecule has 0 atom stereocenters. The summed E-state index contributed by atoms with van der Waals surface area (Å²) >= 11 is 0. The summed E-state index contributed by atoms with van der Waals surface area (Å²) in [7, 11) is -4.01. The number of hydrogen-bond acceptors (Lipinski definition) is 3. The monoisotopic (exact) mass is 303 g/mol. The molecule has 0 saturated carbocycles. The lowest BCUT2D eigenvalue weighted by Crippen LogP contribution is -2.15. The first-order valence-corrected chi connectivity index (χ1v) is 7.56. The zero-order valence-electron chi connectivity index (χ0n) is 10.9. The Bertz CT molecular complexity index is 796. The van der Waals surface area contributed by atoms with Crippen molar-refractivity contribution in [2.75, 3.05) is 0 Å². The van der Waals surface area contributed by atoms with Crippen molar-refractivity contribution in [3.05, 3.63) is 65.2 Å². The van der Waals surface area contributed by atoms with E-state index >= 15 is 0 Å². The second kappa shape index (κ2) is 5.90. The number of carboxylic acid groups (broad SMARTS) is 1. The smallest absolute Gasteiger partial charge is 0.336 e. The van der Waals surface area contributed by atoms with Gasteiger partial charge in [0.05, 0.1) is 10.5 Å². The van der Waals surface area contributed by atoms with Crippen LogP contribution < -0.4 is 5.14 Å². The maximum Gasteiger partial charge on any atom is 0.336 e. The molecule has 0 aromatic heterocycles. The van der Waals surface area contributed by atoms with E-state index in [9.17, 15) is 18.3 Å². The minimum Gasteiger partial charge on any atom is -0.478 e. The lowest BCUT2D eigenvalue weighted by atomic mass is 10.1. The molecule has 2 rings (SSSR count). The van der Waals surface area contributed by atoms with E-state index in [1.54, 1.807) is 6.08 Å². The van der Waals surface area contributed by atoms with Gasteiger partial charge in [0.1, 0.15) is 0 Å². The first-order chi connectivity index (χ1) is 9.89. The maximum absolute atomic E-state index is 11.6. The van der Waals surface area contributed by atoms with E-state index < -0.39 is 16.0 Å². The minimum absolute atomic E-state index is 0.0661. The van der Waals surface area contributed by atoms with Gasteiger partial charge in [-0.2, -0.15) is 0 Å². The van der Waals surface area contributed by atoms with Gasteiger partial charge >= 0.3 is 5.97 Å². The van der Waals surface area contributed by atoms with Crippen molar-refractivity contribution in [3.8, 4) is 0 Å². The van der Waals surface area contributed by atoms with Crippen molar-refractivity contribution in [1.29, 1.82) is 0 Å². The molecule has 0 saturated heterocycles. The minimum atomic E-state index is -4.01. The van der Waals surface area contributed by atoms with Crippen LogP contribution in [0.15, 0.2) is 53.4 Å². The third-order valence-corrected chi connectivity index (χ3v) is 3.81. The predicted octanol–water partition coefficient (Wildman–Crippen LogP) is 2.20. The molecule has 0 bridgehead atoms. The van der Waals surface area contributed by atoms with Crippen molar-refractivity contribution in [2.24, 2.45) is 5.14 Å². The Kier molecular flexibility index (Phi) is 4.21. The fourth-order valence-electron chi connectivity index (χ4n) is 1.89. The van der Waals surface area contributed by atoms with Crippen LogP contribution in [0.2, 0.25) is 0 Å². The number of nitrogens with two attached hydrogens (primary N) is 1. The number of aromatic carboxylic acids is 1. The number of rotatable bonds is 4. The van der Waals surface area contributed by atoms with E-state index in [4.69, 9.17) is 5.14 Å². The van der Waals surface area contributed by atoms with E-state index in [-0.39, 0.29) is 16.0 Å². The second-order valence-corrected chi connectivity index (χ2v) is 5.84. The number of primary sulfonamides is 1. The topological polar surface area (TPSA) is 97.5 Å². The molecule has 0 aliphatic heterocycles. The zero-order chi connectivity index (χ0) is 15.5. The maximum atomic E-state index is 11.6. The standard InChI is InChI=1S/C15H13NO4S/c16-21(19,20)14-8-4-7-13(15(17)18)12(14)10-9-11-5-2-1-3-6-11/h1-10H,(H,17,18)(H2,16,19,20). The summed E-state index contributed by atoms with van der Waals surface area (Å²) in [6, 6.07) is 13.1. The molecule has 0 aliphatic carbocycles. The highest BCUT2D eigenvalue weighted by Crippen LogP contribution is 2.22. The Morgan fingerprint density at radius 1 is 1.00 bits per heavy atom. The summed E-state index contributed by atoms with van der Waals surface area (Å²) < 4.78 is 23.2. The van der Waals surface area contributed by atoms with Crippen LogP contribution in [0.5, 0.6) is 0 Å². The van der Waals surface area contributed by atoms with Crippen molar-refractivity contribution in [1.82, 2.24) is 0 Å². The molecule has 0 spiro atoms. The molecule has 0 fully saturated rings. The molecule has 0 unspecified atom stereocenters. The average Bonchev–Trinajstić information content (AvgIpc) is 2.44. The highest BCUT2D eigenvalue weighted by atomic mass is 32.2. The van der Waals surface area contributed by atoms with Crippen molar-refractivity contribution >= 4 is 28.1 Å². The van der Waals surface area contributed by atoms with Crippen molar-refractivity contribution in [3.63, 3.8) is 0 Å². The highest BCUT2D eigenvalue weighted by molar-refractivity contribution is 7.89. The Morgan fingerprint density at radius 3 is 2.24 bits per heavy atom. The molecular weight excluding hydrogens is 290 g/mol. The van der Waals surface area contributed by atoms with Crippen LogP contribution in [0.3, 0.4) is 0 Å². The van der Waals surface area contributed by atoms with Gasteiger partial charge in [0.15, 0.2) is 0 Å². The molecular formula is C15H13NO4S. The Hall–Kier alpha value is -2.44. The first kappa shape index (κ1) is 15.0. The highest BCUT2D eigenvalue weighted by Gasteiger charge is 2.18. The quantitative estimate of drug-likeness (QED) is 0.846. The molecule has 2 aromatic carbocycles. The lowest BCUT2D eigenvalue weighted by Gasteiger charge is -2.07. The molecule has 3 N–H and O–H groups in total. The lowest BCUT2D eigenvalue weighted by molar-refractivity contribution is 0.0696. The van der Waals surface area contributed by atoms with Gasteiger partial charge in [0.25, 0.3) is 0 Å². The fourth-order valence-corrected chi connectivity index (χ4v) is 2.65. The third kappa shape index (κ3) is 3.56. The van der Waals surface area contributed by atoms with E-state index in [2.05, 4.69) is 0 Å². The molecule has 108 valence electrons. The van der Waals surface area contributed by atoms with Gasteiger partial charge in [-0.25, -0.2) is 18.4 Å². The summed E-state index contributed by atoms with van der Waals surface area (Å²) in [4.78, 5) is 11.0. The Balaban J connectivity index is 2.60. The molecule has 6 heteroatoms. The second-order valence-electron chi connectivity index (χ2n) is 4.31. The number of hydrogen-bond donors (Lipinski definition) is 2. The molecule has 0 radical (unpaired) electrons. The predicted molar refractivity (Wildman–Crippen MR) is 80.1 cm³/mol. The average molecular weight is 303 g/mol. The van der Waals surface area contributed by atoms with Gasteiger partial charge in [0, 0.05) is 5.56 Å².